The number of hydrogen-bond donors (Lipinski definition) is 1. The quantitative estimate of drug-likeness (QED) is 0.369. The van der Waals surface area contributed by atoms with Crippen molar-refractivity contribution in [1.82, 2.24) is 4.57 Å². The lowest BCUT2D eigenvalue weighted by molar-refractivity contribution is -0.384. The molecule has 0 atom stereocenters. The molecule has 0 saturated carbocycles. The van der Waals surface area contributed by atoms with E-state index in [1.807, 2.05) is 0 Å². The molecule has 6 nitrogen and oxygen atoms in total. The van der Waals surface area contributed by atoms with Gasteiger partial charge in [0.15, 0.2) is 0 Å². The molecule has 3 aromatic carbocycles. The van der Waals surface area contributed by atoms with E-state index in [0.29, 0.717) is 27.8 Å². The minimum Gasteiger partial charge on any atom is -0.339 e. The Hall–Kier alpha value is -4.07. The van der Waals surface area contributed by atoms with Gasteiger partial charge in [0.1, 0.15) is 17.3 Å². The SMILES string of the molecule is Cn1c(C(=O)Nc2cccc(-c3ccc(F)cc3F)c2)cc2ccc([N+](=O)[O-])cc21. The van der Waals surface area contributed by atoms with Crippen LogP contribution in [0.2, 0.25) is 0 Å². The molecule has 0 fully saturated rings. The first-order chi connectivity index (χ1) is 14.3. The van der Waals surface area contributed by atoms with Crippen LogP contribution in [0.1, 0.15) is 10.5 Å². The van der Waals surface area contributed by atoms with Gasteiger partial charge in [-0.05, 0) is 42.0 Å². The lowest BCUT2D eigenvalue weighted by Gasteiger charge is -2.09. The molecular weight excluding hydrogens is 392 g/mol. The Kier molecular flexibility index (Phi) is 4.75. The second-order valence-electron chi connectivity index (χ2n) is 6.75. The lowest BCUT2D eigenvalue weighted by Crippen LogP contribution is -2.15. The number of nitrogens with one attached hydrogen (secondary N) is 1. The number of aryl methyl sites for hydroxylation is 1. The second kappa shape index (κ2) is 7.40. The van der Waals surface area contributed by atoms with Gasteiger partial charge in [0.2, 0.25) is 0 Å². The summed E-state index contributed by atoms with van der Waals surface area (Å²) < 4.78 is 28.8. The fourth-order valence-electron chi connectivity index (χ4n) is 3.33. The van der Waals surface area contributed by atoms with Gasteiger partial charge >= 0.3 is 0 Å². The number of nitro groups is 1. The van der Waals surface area contributed by atoms with Gasteiger partial charge in [0, 0.05) is 41.9 Å². The van der Waals surface area contributed by atoms with Gasteiger partial charge < -0.3 is 9.88 Å². The zero-order valence-corrected chi connectivity index (χ0v) is 15.7. The van der Waals surface area contributed by atoms with Crippen molar-refractivity contribution < 1.29 is 18.5 Å². The van der Waals surface area contributed by atoms with Crippen LogP contribution in [-0.2, 0) is 7.05 Å². The molecule has 0 unspecified atom stereocenters. The van der Waals surface area contributed by atoms with Crippen LogP contribution in [0.3, 0.4) is 0 Å². The average Bonchev–Trinajstić information content (AvgIpc) is 3.04. The van der Waals surface area contributed by atoms with Gasteiger partial charge in [0.05, 0.1) is 10.4 Å². The Morgan fingerprint density at radius 2 is 1.83 bits per heavy atom. The average molecular weight is 407 g/mol. The van der Waals surface area contributed by atoms with Crippen molar-refractivity contribution in [3.8, 4) is 11.1 Å². The molecule has 0 aliphatic heterocycles. The predicted octanol–water partition coefficient (Wildman–Crippen LogP) is 5.28. The van der Waals surface area contributed by atoms with Crippen molar-refractivity contribution in [3.63, 3.8) is 0 Å². The number of fused-ring (bicyclic) bond motifs is 1. The molecule has 4 rings (SSSR count). The Morgan fingerprint density at radius 3 is 2.57 bits per heavy atom. The van der Waals surface area contributed by atoms with E-state index in [1.54, 1.807) is 48.0 Å². The molecule has 0 spiro atoms. The van der Waals surface area contributed by atoms with Crippen LogP contribution < -0.4 is 5.32 Å². The standard InChI is InChI=1S/C22H15F2N3O3/c1-26-20-12-17(27(29)30)7-5-14(20)10-21(26)22(28)25-16-4-2-3-13(9-16)18-8-6-15(23)11-19(18)24/h2-12H,1H3,(H,25,28). The van der Waals surface area contributed by atoms with Crippen LogP contribution in [0, 0.1) is 21.7 Å². The van der Waals surface area contributed by atoms with Gasteiger partial charge in [-0.15, -0.1) is 0 Å². The number of nitro benzene ring substituents is 1. The number of aromatic nitrogens is 1. The molecule has 1 heterocycles. The molecule has 0 bridgehead atoms. The number of hydrogen-bond acceptors (Lipinski definition) is 3. The van der Waals surface area contributed by atoms with E-state index >= 15 is 0 Å². The number of carbonyl (C=O) groups is 1. The highest BCUT2D eigenvalue weighted by molar-refractivity contribution is 6.06. The molecule has 0 radical (unpaired) electrons. The van der Waals surface area contributed by atoms with Crippen molar-refractivity contribution in [3.05, 3.63) is 94.2 Å². The molecule has 0 aliphatic carbocycles. The molecular formula is C22H15F2N3O3. The Morgan fingerprint density at radius 1 is 1.03 bits per heavy atom. The highest BCUT2D eigenvalue weighted by atomic mass is 19.1. The maximum Gasteiger partial charge on any atom is 0.272 e. The minimum atomic E-state index is -0.700. The third kappa shape index (κ3) is 3.50. The highest BCUT2D eigenvalue weighted by Gasteiger charge is 2.16. The fraction of sp³-hybridized carbons (Fsp3) is 0.0455. The van der Waals surface area contributed by atoms with E-state index in [1.165, 1.54) is 24.3 Å². The number of amides is 1. The van der Waals surface area contributed by atoms with E-state index in [2.05, 4.69) is 5.32 Å². The molecule has 4 aromatic rings. The van der Waals surface area contributed by atoms with Crippen LogP contribution in [-0.4, -0.2) is 15.4 Å². The third-order valence-electron chi connectivity index (χ3n) is 4.83. The van der Waals surface area contributed by atoms with Crippen LogP contribution in [0.4, 0.5) is 20.2 Å². The maximum absolute atomic E-state index is 14.1. The first-order valence-electron chi connectivity index (χ1n) is 8.94. The second-order valence-corrected chi connectivity index (χ2v) is 6.75. The largest absolute Gasteiger partial charge is 0.339 e. The summed E-state index contributed by atoms with van der Waals surface area (Å²) in [4.78, 5) is 23.3. The van der Waals surface area contributed by atoms with Crippen molar-refractivity contribution >= 4 is 28.2 Å². The van der Waals surface area contributed by atoms with E-state index in [-0.39, 0.29) is 11.3 Å². The number of non-ortho nitro benzene ring substituents is 1. The zero-order chi connectivity index (χ0) is 21.4. The minimum absolute atomic E-state index is 0.0651. The van der Waals surface area contributed by atoms with Crippen molar-refractivity contribution in [2.45, 2.75) is 0 Å². The number of carbonyl (C=O) groups excluding carboxylic acids is 1. The molecule has 1 amide bonds. The van der Waals surface area contributed by atoms with Crippen LogP contribution in [0.15, 0.2) is 66.7 Å². The number of nitrogens with zero attached hydrogens (tertiary/aromatic N) is 2. The normalized spacial score (nSPS) is 10.9. The van der Waals surface area contributed by atoms with Crippen LogP contribution in [0.5, 0.6) is 0 Å². The monoisotopic (exact) mass is 407 g/mol. The molecule has 0 saturated heterocycles. The molecule has 0 aliphatic rings. The smallest absolute Gasteiger partial charge is 0.272 e. The number of anilines is 1. The van der Waals surface area contributed by atoms with Gasteiger partial charge in [-0.1, -0.05) is 12.1 Å². The van der Waals surface area contributed by atoms with Crippen LogP contribution >= 0.6 is 0 Å². The summed E-state index contributed by atoms with van der Waals surface area (Å²) in [5, 5.41) is 14.4. The fourth-order valence-corrected chi connectivity index (χ4v) is 3.33. The van der Waals surface area contributed by atoms with E-state index in [4.69, 9.17) is 0 Å². The van der Waals surface area contributed by atoms with Gasteiger partial charge in [-0.25, -0.2) is 8.78 Å². The van der Waals surface area contributed by atoms with Gasteiger partial charge in [-0.2, -0.15) is 0 Å². The summed E-state index contributed by atoms with van der Waals surface area (Å²) in [5.74, 6) is -1.79. The Labute approximate surface area is 169 Å². The first kappa shape index (κ1) is 19.3. The van der Waals surface area contributed by atoms with Crippen molar-refractivity contribution in [2.24, 2.45) is 7.05 Å². The predicted molar refractivity (Wildman–Crippen MR) is 109 cm³/mol. The summed E-state index contributed by atoms with van der Waals surface area (Å²) in [6.07, 6.45) is 0. The summed E-state index contributed by atoms with van der Waals surface area (Å²) in [5.41, 5.74) is 1.92. The molecule has 150 valence electrons. The van der Waals surface area contributed by atoms with Crippen molar-refractivity contribution in [2.75, 3.05) is 5.32 Å². The number of rotatable bonds is 4. The Bertz CT molecular complexity index is 1310. The third-order valence-corrected chi connectivity index (χ3v) is 4.83. The number of benzene rings is 3. The zero-order valence-electron chi connectivity index (χ0n) is 15.7. The maximum atomic E-state index is 14.1. The van der Waals surface area contributed by atoms with E-state index < -0.39 is 22.5 Å². The Balaban J connectivity index is 1.64. The van der Waals surface area contributed by atoms with Crippen LogP contribution in [0.25, 0.3) is 22.0 Å². The molecule has 1 aromatic heterocycles. The topological polar surface area (TPSA) is 77.2 Å². The van der Waals surface area contributed by atoms with Gasteiger partial charge in [-0.3, -0.25) is 14.9 Å². The molecule has 1 N–H and O–H groups in total. The van der Waals surface area contributed by atoms with Crippen molar-refractivity contribution in [1.29, 1.82) is 0 Å². The van der Waals surface area contributed by atoms with E-state index in [9.17, 15) is 23.7 Å². The summed E-state index contributed by atoms with van der Waals surface area (Å²) in [7, 11) is 1.64. The number of halogens is 2. The summed E-state index contributed by atoms with van der Waals surface area (Å²) >= 11 is 0. The molecule has 30 heavy (non-hydrogen) atoms. The molecule has 8 heteroatoms. The van der Waals surface area contributed by atoms with Gasteiger partial charge in [0.25, 0.3) is 11.6 Å². The summed E-state index contributed by atoms with van der Waals surface area (Å²) in [6.45, 7) is 0. The lowest BCUT2D eigenvalue weighted by atomic mass is 10.0. The van der Waals surface area contributed by atoms with E-state index in [0.717, 1.165) is 6.07 Å². The highest BCUT2D eigenvalue weighted by Crippen LogP contribution is 2.27. The summed E-state index contributed by atoms with van der Waals surface area (Å²) in [6, 6.07) is 15.9. The first-order valence-corrected chi connectivity index (χ1v) is 8.94.